The fraction of sp³-hybridized carbons (Fsp3) is 1.00. The molecule has 0 heterocycles. The predicted molar refractivity (Wildman–Crippen MR) is 79.1 cm³/mol. The molecular formula is C14H30O4S. The lowest BCUT2D eigenvalue weighted by Gasteiger charge is -2.03. The molecule has 0 radical (unpaired) electrons. The van der Waals surface area contributed by atoms with E-state index in [1.165, 1.54) is 51.4 Å². The van der Waals surface area contributed by atoms with Crippen molar-refractivity contribution in [2.24, 2.45) is 0 Å². The van der Waals surface area contributed by atoms with E-state index < -0.39 is 10.1 Å². The molecule has 0 aliphatic rings. The fourth-order valence-corrected chi connectivity index (χ4v) is 2.29. The van der Waals surface area contributed by atoms with E-state index >= 15 is 0 Å². The molecule has 0 rings (SSSR count). The van der Waals surface area contributed by atoms with Crippen LogP contribution in [0, 0.1) is 0 Å². The molecule has 0 atom stereocenters. The van der Waals surface area contributed by atoms with E-state index in [9.17, 15) is 8.42 Å². The van der Waals surface area contributed by atoms with Crippen molar-refractivity contribution in [3.05, 3.63) is 0 Å². The summed E-state index contributed by atoms with van der Waals surface area (Å²) in [5.41, 5.74) is 0. The zero-order valence-corrected chi connectivity index (χ0v) is 13.1. The van der Waals surface area contributed by atoms with Crippen LogP contribution in [0.15, 0.2) is 0 Å². The van der Waals surface area contributed by atoms with Crippen molar-refractivity contribution in [2.45, 2.75) is 71.1 Å². The van der Waals surface area contributed by atoms with Crippen LogP contribution in [0.2, 0.25) is 0 Å². The highest BCUT2D eigenvalue weighted by Crippen LogP contribution is 2.10. The van der Waals surface area contributed by atoms with E-state index in [1.807, 2.05) is 0 Å². The molecule has 116 valence electrons. The highest BCUT2D eigenvalue weighted by Gasteiger charge is 2.02. The van der Waals surface area contributed by atoms with Gasteiger partial charge in [0.15, 0.2) is 0 Å². The van der Waals surface area contributed by atoms with Crippen molar-refractivity contribution >= 4 is 10.1 Å². The van der Waals surface area contributed by atoms with Crippen LogP contribution in [0.4, 0.5) is 0 Å². The first-order valence-electron chi connectivity index (χ1n) is 7.59. The Balaban J connectivity index is 3.03. The van der Waals surface area contributed by atoms with Crippen LogP contribution in [0.3, 0.4) is 0 Å². The van der Waals surface area contributed by atoms with Crippen molar-refractivity contribution in [1.29, 1.82) is 0 Å². The summed E-state index contributed by atoms with van der Waals surface area (Å²) in [6.07, 6.45) is 12.7. The Kier molecular flexibility index (Phi) is 12.8. The molecule has 1 N–H and O–H groups in total. The van der Waals surface area contributed by atoms with Gasteiger partial charge in [-0.2, -0.15) is 8.42 Å². The molecule has 4 nitrogen and oxygen atoms in total. The Bertz CT molecular complexity index is 275. The van der Waals surface area contributed by atoms with E-state index in [1.54, 1.807) is 0 Å². The molecule has 0 aromatic rings. The Morgan fingerprint density at radius 1 is 0.789 bits per heavy atom. The zero-order valence-electron chi connectivity index (χ0n) is 12.3. The van der Waals surface area contributed by atoms with Gasteiger partial charge in [0.2, 0.25) is 0 Å². The second kappa shape index (κ2) is 12.9. The van der Waals surface area contributed by atoms with E-state index in [0.717, 1.165) is 12.8 Å². The molecule has 0 aliphatic carbocycles. The number of ether oxygens (including phenoxy) is 1. The van der Waals surface area contributed by atoms with Crippen LogP contribution in [-0.2, 0) is 14.9 Å². The Morgan fingerprint density at radius 3 is 1.74 bits per heavy atom. The summed E-state index contributed by atoms with van der Waals surface area (Å²) in [4.78, 5) is 0. The van der Waals surface area contributed by atoms with Gasteiger partial charge in [0.25, 0.3) is 10.1 Å². The summed E-state index contributed by atoms with van der Waals surface area (Å²) < 4.78 is 34.4. The van der Waals surface area contributed by atoms with Gasteiger partial charge in [-0.15, -0.1) is 0 Å². The van der Waals surface area contributed by atoms with Crippen LogP contribution in [-0.4, -0.2) is 31.9 Å². The second-order valence-corrected chi connectivity index (χ2v) is 6.65. The first kappa shape index (κ1) is 18.9. The summed E-state index contributed by atoms with van der Waals surface area (Å²) in [6, 6.07) is 0. The van der Waals surface area contributed by atoms with Crippen molar-refractivity contribution in [2.75, 3.05) is 19.0 Å². The fourth-order valence-electron chi connectivity index (χ4n) is 1.96. The zero-order chi connectivity index (χ0) is 14.4. The van der Waals surface area contributed by atoms with Crippen LogP contribution < -0.4 is 0 Å². The summed E-state index contributed by atoms with van der Waals surface area (Å²) >= 11 is 0. The molecule has 0 unspecified atom stereocenters. The highest BCUT2D eigenvalue weighted by molar-refractivity contribution is 7.85. The minimum atomic E-state index is -3.86. The smallest absolute Gasteiger partial charge is 0.267 e. The van der Waals surface area contributed by atoms with Crippen molar-refractivity contribution in [3.63, 3.8) is 0 Å². The topological polar surface area (TPSA) is 63.6 Å². The standard InChI is InChI=1S/C14H30O4S/c1-2-3-4-5-6-7-8-9-10-11-12-18-13-14-19(15,16)17/h2-14H2,1H3,(H,15,16,17). The summed E-state index contributed by atoms with van der Waals surface area (Å²) in [6.45, 7) is 2.92. The predicted octanol–water partition coefficient (Wildman–Crippen LogP) is 3.81. The maximum absolute atomic E-state index is 10.4. The maximum Gasteiger partial charge on any atom is 0.267 e. The summed E-state index contributed by atoms with van der Waals surface area (Å²) in [5.74, 6) is -0.301. The van der Waals surface area contributed by atoms with Gasteiger partial charge in [-0.1, -0.05) is 64.7 Å². The molecule has 5 heteroatoms. The number of hydrogen-bond donors (Lipinski definition) is 1. The first-order valence-corrected chi connectivity index (χ1v) is 9.20. The molecule has 0 fully saturated rings. The van der Waals surface area contributed by atoms with Crippen molar-refractivity contribution < 1.29 is 17.7 Å². The van der Waals surface area contributed by atoms with Gasteiger partial charge in [0, 0.05) is 6.61 Å². The van der Waals surface area contributed by atoms with E-state index in [2.05, 4.69) is 6.92 Å². The summed E-state index contributed by atoms with van der Waals surface area (Å²) in [5, 5.41) is 0. The van der Waals surface area contributed by atoms with E-state index in [-0.39, 0.29) is 12.4 Å². The lowest BCUT2D eigenvalue weighted by Crippen LogP contribution is -2.11. The monoisotopic (exact) mass is 294 g/mol. The van der Waals surface area contributed by atoms with Gasteiger partial charge in [-0.25, -0.2) is 0 Å². The third kappa shape index (κ3) is 17.9. The molecule has 0 amide bonds. The second-order valence-electron chi connectivity index (χ2n) is 5.08. The average Bonchev–Trinajstić information content (AvgIpc) is 2.34. The van der Waals surface area contributed by atoms with Crippen molar-refractivity contribution in [1.82, 2.24) is 0 Å². The van der Waals surface area contributed by atoms with Crippen LogP contribution >= 0.6 is 0 Å². The first-order chi connectivity index (χ1) is 9.06. The molecule has 0 aliphatic heterocycles. The molecular weight excluding hydrogens is 264 g/mol. The lowest BCUT2D eigenvalue weighted by molar-refractivity contribution is 0.143. The lowest BCUT2D eigenvalue weighted by atomic mass is 10.1. The molecule has 0 aromatic carbocycles. The molecule has 0 spiro atoms. The van der Waals surface area contributed by atoms with Crippen LogP contribution in [0.5, 0.6) is 0 Å². The number of hydrogen-bond acceptors (Lipinski definition) is 3. The van der Waals surface area contributed by atoms with Gasteiger partial charge in [0.05, 0.1) is 12.4 Å². The number of rotatable bonds is 14. The Morgan fingerprint density at radius 2 is 1.26 bits per heavy atom. The molecule has 0 aromatic heterocycles. The van der Waals surface area contributed by atoms with Gasteiger partial charge in [-0.05, 0) is 6.42 Å². The largest absolute Gasteiger partial charge is 0.380 e. The van der Waals surface area contributed by atoms with Gasteiger partial charge in [-0.3, -0.25) is 4.55 Å². The van der Waals surface area contributed by atoms with Gasteiger partial charge in [0.1, 0.15) is 0 Å². The molecule has 0 saturated heterocycles. The Hall–Kier alpha value is -0.130. The SMILES string of the molecule is CCCCCCCCCCCCOCCS(=O)(=O)O. The minimum Gasteiger partial charge on any atom is -0.380 e. The van der Waals surface area contributed by atoms with Gasteiger partial charge < -0.3 is 4.74 Å². The quantitative estimate of drug-likeness (QED) is 0.391. The van der Waals surface area contributed by atoms with Gasteiger partial charge >= 0.3 is 0 Å². The normalized spacial score (nSPS) is 11.9. The number of unbranched alkanes of at least 4 members (excludes halogenated alkanes) is 9. The molecule has 0 bridgehead atoms. The molecule has 19 heavy (non-hydrogen) atoms. The molecule has 0 saturated carbocycles. The van der Waals surface area contributed by atoms with Crippen LogP contribution in [0.1, 0.15) is 71.1 Å². The third-order valence-electron chi connectivity index (χ3n) is 3.13. The van der Waals surface area contributed by atoms with Crippen LogP contribution in [0.25, 0.3) is 0 Å². The summed E-state index contributed by atoms with van der Waals surface area (Å²) in [7, 11) is -3.86. The maximum atomic E-state index is 10.4. The third-order valence-corrected chi connectivity index (χ3v) is 3.81. The van der Waals surface area contributed by atoms with E-state index in [0.29, 0.717) is 6.61 Å². The minimum absolute atomic E-state index is 0.0935. The highest BCUT2D eigenvalue weighted by atomic mass is 32.2. The Labute approximate surface area is 118 Å². The van der Waals surface area contributed by atoms with Crippen molar-refractivity contribution in [3.8, 4) is 0 Å². The average molecular weight is 294 g/mol. The van der Waals surface area contributed by atoms with E-state index in [4.69, 9.17) is 9.29 Å².